The van der Waals surface area contributed by atoms with Crippen molar-refractivity contribution < 1.29 is 35.9 Å². The Morgan fingerprint density at radius 2 is 1.59 bits per heavy atom. The van der Waals surface area contributed by atoms with E-state index in [9.17, 15) is 35.9 Å². The minimum atomic E-state index is -4.94. The molecule has 0 saturated carbocycles. The van der Waals surface area contributed by atoms with E-state index in [0.29, 0.717) is 17.0 Å². The van der Waals surface area contributed by atoms with Crippen LogP contribution in [0.2, 0.25) is 0 Å². The molecule has 0 fully saturated rings. The van der Waals surface area contributed by atoms with E-state index in [1.165, 1.54) is 18.5 Å². The lowest BCUT2D eigenvalue weighted by atomic mass is 10.0. The number of benzene rings is 1. The molecule has 0 aliphatic carbocycles. The summed E-state index contributed by atoms with van der Waals surface area (Å²) >= 11 is 1.92. The summed E-state index contributed by atoms with van der Waals surface area (Å²) in [6.07, 6.45) is -8.87. The zero-order valence-corrected chi connectivity index (χ0v) is 17.5. The second kappa shape index (κ2) is 8.86. The van der Waals surface area contributed by atoms with Gasteiger partial charge in [0.25, 0.3) is 5.91 Å². The first-order valence-corrected chi connectivity index (χ1v) is 10.3. The molecule has 6 nitrogen and oxygen atoms in total. The minimum absolute atomic E-state index is 0.00296. The summed E-state index contributed by atoms with van der Waals surface area (Å²) in [6, 6.07) is 1.35. The predicted molar refractivity (Wildman–Crippen MR) is 106 cm³/mol. The van der Waals surface area contributed by atoms with Crippen molar-refractivity contribution in [1.82, 2.24) is 9.97 Å². The summed E-state index contributed by atoms with van der Waals surface area (Å²) in [5, 5.41) is 6.56. The molecule has 3 aromatic rings. The highest BCUT2D eigenvalue weighted by molar-refractivity contribution is 7.15. The molecule has 2 heterocycles. The molecule has 32 heavy (non-hydrogen) atoms. The Morgan fingerprint density at radius 1 is 0.969 bits per heavy atom. The van der Waals surface area contributed by atoms with Gasteiger partial charge in [-0.25, -0.2) is 9.97 Å². The van der Waals surface area contributed by atoms with E-state index in [1.54, 1.807) is 0 Å². The predicted octanol–water partition coefficient (Wildman–Crippen LogP) is 5.44. The van der Waals surface area contributed by atoms with Crippen LogP contribution in [0.4, 0.5) is 36.6 Å². The SMILES string of the molecule is CC(=O)Nc1nc(C(=O)Nc2ncc(Cc3cc(C(F)(F)F)cc(C(F)(F)F)c3)s2)cs1. The topological polar surface area (TPSA) is 84.0 Å². The van der Waals surface area contributed by atoms with Crippen LogP contribution in [0, 0.1) is 0 Å². The third-order valence-corrected chi connectivity index (χ3v) is 5.49. The number of amides is 2. The Labute approximate surface area is 184 Å². The standard InChI is InChI=1S/C18H12F6N4O2S2/c1-8(29)26-16-27-13(7-31-16)14(30)28-15-25-6-12(32-15)4-9-2-10(17(19,20)21)5-11(3-9)18(22,23)24/h2-3,5-7H,4H2,1H3,(H,25,28,30)(H,26,27,29). The molecule has 0 saturated heterocycles. The lowest BCUT2D eigenvalue weighted by Crippen LogP contribution is -2.12. The van der Waals surface area contributed by atoms with Gasteiger partial charge in [0.05, 0.1) is 11.1 Å². The van der Waals surface area contributed by atoms with Gasteiger partial charge in [0.2, 0.25) is 5.91 Å². The maximum Gasteiger partial charge on any atom is 0.416 e. The highest BCUT2D eigenvalue weighted by Crippen LogP contribution is 2.37. The molecule has 0 atom stereocenters. The van der Waals surface area contributed by atoms with E-state index < -0.39 is 29.4 Å². The molecule has 0 radical (unpaired) electrons. The van der Waals surface area contributed by atoms with Gasteiger partial charge < -0.3 is 5.32 Å². The first kappa shape index (κ1) is 23.7. The normalized spacial score (nSPS) is 12.0. The molecule has 0 spiro atoms. The Bertz CT molecular complexity index is 1120. The molecule has 0 aliphatic rings. The van der Waals surface area contributed by atoms with E-state index in [0.717, 1.165) is 22.7 Å². The molecule has 0 bridgehead atoms. The number of carbonyl (C=O) groups is 2. The number of alkyl halides is 6. The molecule has 2 aromatic heterocycles. The monoisotopic (exact) mass is 494 g/mol. The smallest absolute Gasteiger partial charge is 0.302 e. The van der Waals surface area contributed by atoms with Gasteiger partial charge in [0, 0.05) is 29.8 Å². The molecule has 14 heteroatoms. The van der Waals surface area contributed by atoms with Gasteiger partial charge in [-0.1, -0.05) is 0 Å². The second-order valence-corrected chi connectivity index (χ2v) is 8.37. The van der Waals surface area contributed by atoms with Crippen molar-refractivity contribution >= 4 is 44.8 Å². The van der Waals surface area contributed by atoms with E-state index >= 15 is 0 Å². The van der Waals surface area contributed by atoms with Crippen LogP contribution in [0.3, 0.4) is 0 Å². The average Bonchev–Trinajstić information content (AvgIpc) is 3.29. The minimum Gasteiger partial charge on any atom is -0.302 e. The summed E-state index contributed by atoms with van der Waals surface area (Å²) in [7, 11) is 0. The number of hydrogen-bond donors (Lipinski definition) is 2. The fourth-order valence-corrected chi connectivity index (χ4v) is 4.10. The van der Waals surface area contributed by atoms with Crippen LogP contribution in [0.1, 0.15) is 39.0 Å². The summed E-state index contributed by atoms with van der Waals surface area (Å²) in [5.41, 5.74) is -3.01. The van der Waals surface area contributed by atoms with Crippen molar-refractivity contribution in [2.24, 2.45) is 0 Å². The highest BCUT2D eigenvalue weighted by Gasteiger charge is 2.36. The van der Waals surface area contributed by atoms with Crippen LogP contribution >= 0.6 is 22.7 Å². The van der Waals surface area contributed by atoms with Crippen LogP contribution in [0.15, 0.2) is 29.8 Å². The van der Waals surface area contributed by atoms with Crippen LogP contribution in [-0.4, -0.2) is 21.8 Å². The Hall–Kier alpha value is -3.00. The maximum atomic E-state index is 13.0. The number of rotatable bonds is 5. The van der Waals surface area contributed by atoms with Gasteiger partial charge in [-0.3, -0.25) is 14.9 Å². The molecular weight excluding hydrogens is 482 g/mol. The van der Waals surface area contributed by atoms with Gasteiger partial charge in [-0.15, -0.1) is 22.7 Å². The van der Waals surface area contributed by atoms with Crippen molar-refractivity contribution in [1.29, 1.82) is 0 Å². The van der Waals surface area contributed by atoms with Crippen molar-refractivity contribution in [3.8, 4) is 0 Å². The first-order chi connectivity index (χ1) is 14.8. The van der Waals surface area contributed by atoms with Crippen molar-refractivity contribution in [2.75, 3.05) is 10.6 Å². The number of carbonyl (C=O) groups excluding carboxylic acids is 2. The summed E-state index contributed by atoms with van der Waals surface area (Å²) in [4.78, 5) is 31.4. The highest BCUT2D eigenvalue weighted by atomic mass is 32.1. The zero-order valence-electron chi connectivity index (χ0n) is 15.9. The van der Waals surface area contributed by atoms with E-state index in [2.05, 4.69) is 20.6 Å². The lowest BCUT2D eigenvalue weighted by molar-refractivity contribution is -0.143. The number of halogens is 6. The van der Waals surface area contributed by atoms with E-state index in [-0.39, 0.29) is 39.9 Å². The summed E-state index contributed by atoms with van der Waals surface area (Å²) in [6.45, 7) is 1.28. The van der Waals surface area contributed by atoms with Crippen molar-refractivity contribution in [2.45, 2.75) is 25.7 Å². The molecule has 2 amide bonds. The Kier molecular flexibility index (Phi) is 6.55. The van der Waals surface area contributed by atoms with Gasteiger partial charge in [0.1, 0.15) is 5.69 Å². The Morgan fingerprint density at radius 3 is 2.16 bits per heavy atom. The summed E-state index contributed by atoms with van der Waals surface area (Å²) in [5.74, 6) is -1.00. The molecule has 3 rings (SSSR count). The van der Waals surface area contributed by atoms with Gasteiger partial charge in [-0.2, -0.15) is 26.3 Å². The van der Waals surface area contributed by atoms with Crippen LogP contribution in [-0.2, 0) is 23.6 Å². The summed E-state index contributed by atoms with van der Waals surface area (Å²) < 4.78 is 78.0. The lowest BCUT2D eigenvalue weighted by Gasteiger charge is -2.13. The first-order valence-electron chi connectivity index (χ1n) is 8.59. The number of anilines is 2. The average molecular weight is 494 g/mol. The van der Waals surface area contributed by atoms with Crippen LogP contribution in [0.25, 0.3) is 0 Å². The van der Waals surface area contributed by atoms with Gasteiger partial charge in [0.15, 0.2) is 10.3 Å². The number of hydrogen-bond acceptors (Lipinski definition) is 6. The molecule has 0 aliphatic heterocycles. The Balaban J connectivity index is 1.75. The quantitative estimate of drug-likeness (QED) is 0.463. The van der Waals surface area contributed by atoms with E-state index in [1.807, 2.05) is 0 Å². The molecule has 170 valence electrons. The maximum absolute atomic E-state index is 13.0. The number of thiazole rings is 2. The fourth-order valence-electron chi connectivity index (χ4n) is 2.52. The number of aromatic nitrogens is 2. The number of nitrogens with one attached hydrogen (secondary N) is 2. The zero-order chi connectivity index (χ0) is 23.7. The molecule has 1 aromatic carbocycles. The largest absolute Gasteiger partial charge is 0.416 e. The van der Waals surface area contributed by atoms with Crippen molar-refractivity contribution in [3.63, 3.8) is 0 Å². The third-order valence-electron chi connectivity index (χ3n) is 3.82. The van der Waals surface area contributed by atoms with Crippen LogP contribution < -0.4 is 10.6 Å². The second-order valence-electron chi connectivity index (χ2n) is 6.40. The molecule has 0 unspecified atom stereocenters. The van der Waals surface area contributed by atoms with Gasteiger partial charge in [-0.05, 0) is 23.8 Å². The molecular formula is C18H12F6N4O2S2. The third kappa shape index (κ3) is 6.03. The van der Waals surface area contributed by atoms with E-state index in [4.69, 9.17) is 0 Å². The van der Waals surface area contributed by atoms with Gasteiger partial charge >= 0.3 is 12.4 Å². The van der Waals surface area contributed by atoms with Crippen molar-refractivity contribution in [3.05, 3.63) is 57.0 Å². The van der Waals surface area contributed by atoms with Crippen LogP contribution in [0.5, 0.6) is 0 Å². The number of nitrogens with zero attached hydrogens (tertiary/aromatic N) is 2. The molecule has 2 N–H and O–H groups in total. The fraction of sp³-hybridized carbons (Fsp3) is 0.222.